The summed E-state index contributed by atoms with van der Waals surface area (Å²) in [5.41, 5.74) is 2.60. The van der Waals surface area contributed by atoms with Gasteiger partial charge in [-0.15, -0.1) is 0 Å². The minimum atomic E-state index is 0.688. The topological polar surface area (TPSA) is 28.2 Å². The van der Waals surface area contributed by atoms with Gasteiger partial charge in [0.05, 0.1) is 11.9 Å². The van der Waals surface area contributed by atoms with E-state index in [0.29, 0.717) is 5.92 Å². The van der Waals surface area contributed by atoms with Crippen molar-refractivity contribution in [3.8, 4) is 0 Å². The van der Waals surface area contributed by atoms with Gasteiger partial charge in [0, 0.05) is 26.3 Å². The number of unbranched alkanes of at least 4 members (excludes halogenated alkanes) is 2. The molecule has 3 heteroatoms. The Morgan fingerprint density at radius 1 is 1.32 bits per heavy atom. The highest BCUT2D eigenvalue weighted by atomic mass is 15.1. The van der Waals surface area contributed by atoms with Crippen LogP contribution >= 0.6 is 0 Å². The van der Waals surface area contributed by atoms with E-state index in [9.17, 15) is 0 Å². The van der Waals surface area contributed by atoms with Crippen LogP contribution in [0, 0.1) is 5.92 Å². The number of rotatable bonds is 9. The highest BCUT2D eigenvalue weighted by Crippen LogP contribution is 2.18. The number of nitrogens with zero attached hydrogens (tertiary/aromatic N) is 2. The van der Waals surface area contributed by atoms with Crippen molar-refractivity contribution in [2.75, 3.05) is 25.0 Å². The van der Waals surface area contributed by atoms with Crippen molar-refractivity contribution in [2.45, 2.75) is 46.6 Å². The summed E-state index contributed by atoms with van der Waals surface area (Å²) < 4.78 is 0. The minimum absolute atomic E-state index is 0.688. The zero-order valence-corrected chi connectivity index (χ0v) is 12.9. The maximum Gasteiger partial charge on any atom is 0.0595 e. The first-order valence-electron chi connectivity index (χ1n) is 7.49. The van der Waals surface area contributed by atoms with Gasteiger partial charge in [0.1, 0.15) is 0 Å². The van der Waals surface area contributed by atoms with Crippen molar-refractivity contribution >= 4 is 5.69 Å². The second kappa shape index (κ2) is 8.92. The lowest BCUT2D eigenvalue weighted by molar-refractivity contribution is 0.552. The van der Waals surface area contributed by atoms with E-state index in [1.165, 1.54) is 30.5 Å². The van der Waals surface area contributed by atoms with E-state index in [1.54, 1.807) is 0 Å². The number of anilines is 1. The summed E-state index contributed by atoms with van der Waals surface area (Å²) in [4.78, 5) is 6.60. The van der Waals surface area contributed by atoms with E-state index in [4.69, 9.17) is 0 Å². The molecule has 1 N–H and O–H groups in total. The Morgan fingerprint density at radius 2 is 2.11 bits per heavy atom. The summed E-state index contributed by atoms with van der Waals surface area (Å²) in [5, 5.41) is 3.51. The van der Waals surface area contributed by atoms with Crippen LogP contribution in [0.15, 0.2) is 18.5 Å². The zero-order chi connectivity index (χ0) is 14.1. The van der Waals surface area contributed by atoms with Crippen LogP contribution in [-0.4, -0.2) is 25.1 Å². The molecule has 0 radical (unpaired) electrons. The molecule has 0 atom stereocenters. The monoisotopic (exact) mass is 263 g/mol. The predicted octanol–water partition coefficient (Wildman–Crippen LogP) is 3.45. The van der Waals surface area contributed by atoms with Crippen LogP contribution in [0.3, 0.4) is 0 Å². The Bertz CT molecular complexity index is 350. The number of hydrogen-bond acceptors (Lipinski definition) is 3. The first-order valence-corrected chi connectivity index (χ1v) is 7.49. The molecule has 3 nitrogen and oxygen atoms in total. The van der Waals surface area contributed by atoms with E-state index < -0.39 is 0 Å². The smallest absolute Gasteiger partial charge is 0.0595 e. The summed E-state index contributed by atoms with van der Waals surface area (Å²) in [7, 11) is 2.17. The van der Waals surface area contributed by atoms with Crippen LogP contribution in [0.2, 0.25) is 0 Å². The molecule has 0 aliphatic carbocycles. The van der Waals surface area contributed by atoms with Crippen LogP contribution in [0.4, 0.5) is 5.69 Å². The van der Waals surface area contributed by atoms with Crippen molar-refractivity contribution in [3.63, 3.8) is 0 Å². The van der Waals surface area contributed by atoms with Gasteiger partial charge in [-0.3, -0.25) is 4.98 Å². The SMILES string of the molecule is CCCCCN(C)c1cnccc1CNCC(C)C. The quantitative estimate of drug-likeness (QED) is 0.692. The third-order valence-corrected chi connectivity index (χ3v) is 3.26. The van der Waals surface area contributed by atoms with Gasteiger partial charge in [0.2, 0.25) is 0 Å². The molecule has 0 unspecified atom stereocenters. The first kappa shape index (κ1) is 16.0. The summed E-state index contributed by atoms with van der Waals surface area (Å²) >= 11 is 0. The Morgan fingerprint density at radius 3 is 2.79 bits per heavy atom. The molecule has 1 aromatic heterocycles. The maximum atomic E-state index is 4.27. The lowest BCUT2D eigenvalue weighted by Crippen LogP contribution is -2.24. The second-order valence-corrected chi connectivity index (χ2v) is 5.66. The molecule has 1 rings (SSSR count). The van der Waals surface area contributed by atoms with E-state index in [2.05, 4.69) is 49.1 Å². The molecule has 0 saturated heterocycles. The van der Waals surface area contributed by atoms with Crippen LogP contribution in [-0.2, 0) is 6.54 Å². The van der Waals surface area contributed by atoms with Crippen molar-refractivity contribution in [2.24, 2.45) is 5.92 Å². The van der Waals surface area contributed by atoms with Crippen molar-refractivity contribution < 1.29 is 0 Å². The van der Waals surface area contributed by atoms with Crippen molar-refractivity contribution in [3.05, 3.63) is 24.0 Å². The number of nitrogens with one attached hydrogen (secondary N) is 1. The largest absolute Gasteiger partial charge is 0.373 e. The van der Waals surface area contributed by atoms with E-state index in [-0.39, 0.29) is 0 Å². The molecule has 1 heterocycles. The average molecular weight is 263 g/mol. The highest BCUT2D eigenvalue weighted by molar-refractivity contribution is 5.50. The van der Waals surface area contributed by atoms with E-state index >= 15 is 0 Å². The maximum absolute atomic E-state index is 4.27. The van der Waals surface area contributed by atoms with Crippen LogP contribution in [0.5, 0.6) is 0 Å². The zero-order valence-electron chi connectivity index (χ0n) is 12.9. The summed E-state index contributed by atoms with van der Waals surface area (Å²) in [6.07, 6.45) is 7.68. The Hall–Kier alpha value is -1.09. The average Bonchev–Trinajstić information content (AvgIpc) is 2.39. The Balaban J connectivity index is 2.56. The molecular formula is C16H29N3. The molecule has 0 spiro atoms. The van der Waals surface area contributed by atoms with Gasteiger partial charge in [-0.05, 0) is 30.5 Å². The van der Waals surface area contributed by atoms with Crippen LogP contribution in [0.1, 0.15) is 45.6 Å². The highest BCUT2D eigenvalue weighted by Gasteiger charge is 2.07. The molecule has 0 fully saturated rings. The predicted molar refractivity (Wildman–Crippen MR) is 83.6 cm³/mol. The van der Waals surface area contributed by atoms with E-state index in [1.807, 2.05) is 12.4 Å². The van der Waals surface area contributed by atoms with Gasteiger partial charge in [0.25, 0.3) is 0 Å². The molecule has 19 heavy (non-hydrogen) atoms. The van der Waals surface area contributed by atoms with Gasteiger partial charge in [0.15, 0.2) is 0 Å². The van der Waals surface area contributed by atoms with Crippen LogP contribution in [0.25, 0.3) is 0 Å². The fourth-order valence-corrected chi connectivity index (χ4v) is 2.12. The van der Waals surface area contributed by atoms with Crippen molar-refractivity contribution in [1.82, 2.24) is 10.3 Å². The van der Waals surface area contributed by atoms with Gasteiger partial charge < -0.3 is 10.2 Å². The van der Waals surface area contributed by atoms with Gasteiger partial charge in [-0.1, -0.05) is 33.6 Å². The molecular weight excluding hydrogens is 234 g/mol. The lowest BCUT2D eigenvalue weighted by atomic mass is 10.1. The summed E-state index contributed by atoms with van der Waals surface area (Å²) in [5.74, 6) is 0.688. The minimum Gasteiger partial charge on any atom is -0.373 e. The molecule has 0 saturated carbocycles. The van der Waals surface area contributed by atoms with Gasteiger partial charge in [-0.25, -0.2) is 0 Å². The van der Waals surface area contributed by atoms with Crippen molar-refractivity contribution in [1.29, 1.82) is 0 Å². The molecule has 0 amide bonds. The Kier molecular flexibility index (Phi) is 7.49. The van der Waals surface area contributed by atoms with E-state index in [0.717, 1.165) is 19.6 Å². The molecule has 0 aliphatic rings. The lowest BCUT2D eigenvalue weighted by Gasteiger charge is -2.22. The fourth-order valence-electron chi connectivity index (χ4n) is 2.12. The molecule has 108 valence electrons. The molecule has 1 aromatic rings. The number of aromatic nitrogens is 1. The van der Waals surface area contributed by atoms with Crippen LogP contribution < -0.4 is 10.2 Å². The summed E-state index contributed by atoms with van der Waals surface area (Å²) in [6, 6.07) is 2.12. The fraction of sp³-hybridized carbons (Fsp3) is 0.688. The number of pyridine rings is 1. The standard InChI is InChI=1S/C16H29N3/c1-5-6-7-10-19(4)16-13-17-9-8-15(16)12-18-11-14(2)3/h8-9,13-14,18H,5-7,10-12H2,1-4H3. The van der Waals surface area contributed by atoms with Gasteiger partial charge >= 0.3 is 0 Å². The first-order chi connectivity index (χ1) is 9.15. The Labute approximate surface area is 118 Å². The third-order valence-electron chi connectivity index (χ3n) is 3.26. The molecule has 0 aliphatic heterocycles. The summed E-state index contributed by atoms with van der Waals surface area (Å²) in [6.45, 7) is 9.80. The second-order valence-electron chi connectivity index (χ2n) is 5.66. The third kappa shape index (κ3) is 6.06. The molecule has 0 aromatic carbocycles. The normalized spacial score (nSPS) is 11.0. The van der Waals surface area contributed by atoms with Gasteiger partial charge in [-0.2, -0.15) is 0 Å². The number of hydrogen-bond donors (Lipinski definition) is 1. The molecule has 0 bridgehead atoms.